The molecule has 1 atom stereocenters. The van der Waals surface area contributed by atoms with E-state index in [1.165, 1.54) is 13.8 Å². The van der Waals surface area contributed by atoms with E-state index >= 15 is 0 Å². The molecule has 0 aliphatic heterocycles. The molecular weight excluding hydrogens is 230 g/mol. The van der Waals surface area contributed by atoms with E-state index in [0.29, 0.717) is 6.42 Å². The average molecular weight is 249 g/mol. The van der Waals surface area contributed by atoms with Crippen LogP contribution in [-0.4, -0.2) is 22.9 Å². The Labute approximate surface area is 107 Å². The zero-order valence-electron chi connectivity index (χ0n) is 10.8. The van der Waals surface area contributed by atoms with Crippen molar-refractivity contribution in [3.63, 3.8) is 0 Å². The minimum Gasteiger partial charge on any atom is -0.393 e. The standard InChI is InChI=1S/C14H19NO3/c1-10(16)9-14(18)8-5-12-3-6-13(7-4-12)15-11(2)17/h3-4,6-7,14,18H,5,8-9H2,1-2H3,(H,15,17). The normalized spacial score (nSPS) is 11.9. The second-order valence-corrected chi connectivity index (χ2v) is 4.48. The van der Waals surface area contributed by atoms with E-state index in [0.717, 1.165) is 17.7 Å². The Morgan fingerprint density at radius 2 is 1.83 bits per heavy atom. The fraction of sp³-hybridized carbons (Fsp3) is 0.429. The summed E-state index contributed by atoms with van der Waals surface area (Å²) < 4.78 is 0. The van der Waals surface area contributed by atoms with Gasteiger partial charge in [-0.2, -0.15) is 0 Å². The number of aryl methyl sites for hydroxylation is 1. The fourth-order valence-corrected chi connectivity index (χ4v) is 1.73. The van der Waals surface area contributed by atoms with E-state index in [4.69, 9.17) is 0 Å². The molecule has 0 aliphatic carbocycles. The molecule has 18 heavy (non-hydrogen) atoms. The molecule has 0 aliphatic rings. The summed E-state index contributed by atoms with van der Waals surface area (Å²) in [5.74, 6) is -0.0943. The molecule has 0 radical (unpaired) electrons. The monoisotopic (exact) mass is 249 g/mol. The van der Waals surface area contributed by atoms with Crippen LogP contribution in [0, 0.1) is 0 Å². The van der Waals surface area contributed by atoms with E-state index in [2.05, 4.69) is 5.32 Å². The van der Waals surface area contributed by atoms with Crippen LogP contribution >= 0.6 is 0 Å². The lowest BCUT2D eigenvalue weighted by molar-refractivity contribution is -0.119. The number of benzene rings is 1. The second kappa shape index (κ2) is 6.91. The summed E-state index contributed by atoms with van der Waals surface area (Å²) in [7, 11) is 0. The van der Waals surface area contributed by atoms with Gasteiger partial charge in [0, 0.05) is 19.0 Å². The number of Topliss-reactive ketones (excluding diaryl/α,β-unsaturated/α-hetero) is 1. The SMILES string of the molecule is CC(=O)CC(O)CCc1ccc(NC(C)=O)cc1. The van der Waals surface area contributed by atoms with Gasteiger partial charge >= 0.3 is 0 Å². The summed E-state index contributed by atoms with van der Waals surface area (Å²) in [5.41, 5.74) is 1.84. The van der Waals surface area contributed by atoms with Gasteiger partial charge in [0.25, 0.3) is 0 Å². The van der Waals surface area contributed by atoms with E-state index in [1.54, 1.807) is 0 Å². The van der Waals surface area contributed by atoms with E-state index in [9.17, 15) is 14.7 Å². The van der Waals surface area contributed by atoms with E-state index in [-0.39, 0.29) is 18.1 Å². The van der Waals surface area contributed by atoms with Crippen molar-refractivity contribution >= 4 is 17.4 Å². The van der Waals surface area contributed by atoms with Crippen molar-refractivity contribution in [2.24, 2.45) is 0 Å². The molecule has 0 spiro atoms. The van der Waals surface area contributed by atoms with Gasteiger partial charge in [-0.15, -0.1) is 0 Å². The Morgan fingerprint density at radius 3 is 2.33 bits per heavy atom. The van der Waals surface area contributed by atoms with Gasteiger partial charge in [0.2, 0.25) is 5.91 Å². The summed E-state index contributed by atoms with van der Waals surface area (Å²) in [5, 5.41) is 12.3. The number of carbonyl (C=O) groups is 2. The molecule has 4 heteroatoms. The Bertz CT molecular complexity index is 412. The molecule has 0 bridgehead atoms. The number of hydrogen-bond acceptors (Lipinski definition) is 3. The van der Waals surface area contributed by atoms with Gasteiger partial charge in [-0.05, 0) is 37.5 Å². The maximum atomic E-state index is 10.8. The van der Waals surface area contributed by atoms with Crippen molar-refractivity contribution in [2.75, 3.05) is 5.32 Å². The average Bonchev–Trinajstić information content (AvgIpc) is 2.26. The number of anilines is 1. The van der Waals surface area contributed by atoms with Crippen LogP contribution in [0.1, 0.15) is 32.3 Å². The van der Waals surface area contributed by atoms with Gasteiger partial charge in [-0.25, -0.2) is 0 Å². The maximum absolute atomic E-state index is 10.8. The van der Waals surface area contributed by atoms with Crippen molar-refractivity contribution in [2.45, 2.75) is 39.2 Å². The fourth-order valence-electron chi connectivity index (χ4n) is 1.73. The largest absolute Gasteiger partial charge is 0.393 e. The van der Waals surface area contributed by atoms with Crippen LogP contribution in [0.25, 0.3) is 0 Å². The summed E-state index contributed by atoms with van der Waals surface area (Å²) in [4.78, 5) is 21.7. The minimum atomic E-state index is -0.572. The maximum Gasteiger partial charge on any atom is 0.221 e. The highest BCUT2D eigenvalue weighted by Gasteiger charge is 2.07. The highest BCUT2D eigenvalue weighted by Crippen LogP contribution is 2.12. The zero-order valence-corrected chi connectivity index (χ0v) is 10.8. The lowest BCUT2D eigenvalue weighted by Gasteiger charge is -2.09. The molecular formula is C14H19NO3. The molecule has 4 nitrogen and oxygen atoms in total. The second-order valence-electron chi connectivity index (χ2n) is 4.48. The Balaban J connectivity index is 2.43. The Hall–Kier alpha value is -1.68. The van der Waals surface area contributed by atoms with Crippen LogP contribution in [0.3, 0.4) is 0 Å². The van der Waals surface area contributed by atoms with E-state index in [1.807, 2.05) is 24.3 Å². The van der Waals surface area contributed by atoms with Crippen molar-refractivity contribution in [1.82, 2.24) is 0 Å². The first kappa shape index (κ1) is 14.4. The third-order valence-corrected chi connectivity index (χ3v) is 2.56. The van der Waals surface area contributed by atoms with Crippen molar-refractivity contribution in [3.05, 3.63) is 29.8 Å². The van der Waals surface area contributed by atoms with E-state index < -0.39 is 6.10 Å². The molecule has 0 saturated heterocycles. The number of hydrogen-bond donors (Lipinski definition) is 2. The molecule has 1 aromatic rings. The number of rotatable bonds is 6. The molecule has 0 aromatic heterocycles. The van der Waals surface area contributed by atoms with Gasteiger partial charge < -0.3 is 10.4 Å². The molecule has 0 heterocycles. The number of ketones is 1. The number of aliphatic hydroxyl groups is 1. The lowest BCUT2D eigenvalue weighted by Crippen LogP contribution is -2.12. The van der Waals surface area contributed by atoms with Crippen molar-refractivity contribution in [3.8, 4) is 0 Å². The highest BCUT2D eigenvalue weighted by atomic mass is 16.3. The smallest absolute Gasteiger partial charge is 0.221 e. The summed E-state index contributed by atoms with van der Waals surface area (Å²) in [6, 6.07) is 7.47. The van der Waals surface area contributed by atoms with Crippen LogP contribution < -0.4 is 5.32 Å². The van der Waals surface area contributed by atoms with Crippen LogP contribution in [0.5, 0.6) is 0 Å². The number of nitrogens with one attached hydrogen (secondary N) is 1. The Morgan fingerprint density at radius 1 is 1.22 bits per heavy atom. The predicted octanol–water partition coefficient (Wildman–Crippen LogP) is 1.92. The predicted molar refractivity (Wildman–Crippen MR) is 70.4 cm³/mol. The third kappa shape index (κ3) is 5.59. The first-order valence-electron chi connectivity index (χ1n) is 6.01. The van der Waals surface area contributed by atoms with Crippen molar-refractivity contribution in [1.29, 1.82) is 0 Å². The van der Waals surface area contributed by atoms with Gasteiger partial charge in [-0.3, -0.25) is 9.59 Å². The van der Waals surface area contributed by atoms with Crippen LogP contribution in [-0.2, 0) is 16.0 Å². The Kier molecular flexibility index (Phi) is 5.52. The van der Waals surface area contributed by atoms with Gasteiger partial charge in [-0.1, -0.05) is 12.1 Å². The molecule has 2 N–H and O–H groups in total. The number of carbonyl (C=O) groups excluding carboxylic acids is 2. The van der Waals surface area contributed by atoms with Gasteiger partial charge in [0.15, 0.2) is 0 Å². The first-order valence-corrected chi connectivity index (χ1v) is 6.01. The molecule has 98 valence electrons. The molecule has 1 amide bonds. The van der Waals surface area contributed by atoms with Gasteiger partial charge in [0.1, 0.15) is 5.78 Å². The summed E-state index contributed by atoms with van der Waals surface area (Å²) in [6.45, 7) is 2.94. The number of aliphatic hydroxyl groups excluding tert-OH is 1. The lowest BCUT2D eigenvalue weighted by atomic mass is 10.0. The van der Waals surface area contributed by atoms with Crippen LogP contribution in [0.2, 0.25) is 0 Å². The minimum absolute atomic E-state index is 0.00325. The van der Waals surface area contributed by atoms with Crippen molar-refractivity contribution < 1.29 is 14.7 Å². The molecule has 1 unspecified atom stereocenters. The first-order chi connectivity index (χ1) is 8.47. The quantitative estimate of drug-likeness (QED) is 0.809. The molecule has 0 saturated carbocycles. The number of amides is 1. The van der Waals surface area contributed by atoms with Gasteiger partial charge in [0.05, 0.1) is 6.10 Å². The highest BCUT2D eigenvalue weighted by molar-refractivity contribution is 5.88. The molecule has 0 fully saturated rings. The summed E-state index contributed by atoms with van der Waals surface area (Å²) in [6.07, 6.45) is 0.926. The van der Waals surface area contributed by atoms with Crippen LogP contribution in [0.4, 0.5) is 5.69 Å². The van der Waals surface area contributed by atoms with Crippen LogP contribution in [0.15, 0.2) is 24.3 Å². The summed E-state index contributed by atoms with van der Waals surface area (Å²) >= 11 is 0. The molecule has 1 rings (SSSR count). The third-order valence-electron chi connectivity index (χ3n) is 2.56. The topological polar surface area (TPSA) is 66.4 Å². The molecule has 1 aromatic carbocycles. The zero-order chi connectivity index (χ0) is 13.5.